The zero-order valence-electron chi connectivity index (χ0n) is 13.6. The summed E-state index contributed by atoms with van der Waals surface area (Å²) in [5.41, 5.74) is 0.828. The third kappa shape index (κ3) is 3.34. The summed E-state index contributed by atoms with van der Waals surface area (Å²) in [7, 11) is 1.70. The van der Waals surface area contributed by atoms with Crippen molar-refractivity contribution >= 4 is 39.2 Å². The van der Waals surface area contributed by atoms with Crippen molar-refractivity contribution in [2.75, 3.05) is 0 Å². The molecule has 1 amide bonds. The Morgan fingerprint density at radius 2 is 2.08 bits per heavy atom. The standard InChI is InChI=1S/C18H17N3O2S2/c1-21-17(23)13-9-10-24-16(13)20-18(21)25-14(11-5-3-2-4-6-11)15(22)19-12-7-8-12/h2-6,9-10,12,14H,7-8H2,1H3,(H,19,22). The van der Waals surface area contributed by atoms with Gasteiger partial charge in [0.15, 0.2) is 5.16 Å². The minimum atomic E-state index is -0.433. The van der Waals surface area contributed by atoms with Gasteiger partial charge in [-0.2, -0.15) is 0 Å². The molecule has 3 aromatic rings. The summed E-state index contributed by atoms with van der Waals surface area (Å²) in [4.78, 5) is 30.6. The molecule has 0 saturated heterocycles. The maximum absolute atomic E-state index is 12.8. The van der Waals surface area contributed by atoms with E-state index in [-0.39, 0.29) is 17.5 Å². The second-order valence-electron chi connectivity index (χ2n) is 6.09. The molecule has 2 aromatic heterocycles. The van der Waals surface area contributed by atoms with Gasteiger partial charge in [0.2, 0.25) is 5.91 Å². The van der Waals surface area contributed by atoms with E-state index in [0.29, 0.717) is 15.4 Å². The zero-order valence-corrected chi connectivity index (χ0v) is 15.3. The van der Waals surface area contributed by atoms with Crippen LogP contribution in [0.1, 0.15) is 23.7 Å². The molecular weight excluding hydrogens is 354 g/mol. The monoisotopic (exact) mass is 371 g/mol. The molecular formula is C18H17N3O2S2. The van der Waals surface area contributed by atoms with Gasteiger partial charge in [0.05, 0.1) is 5.39 Å². The van der Waals surface area contributed by atoms with Crippen molar-refractivity contribution in [3.05, 3.63) is 57.7 Å². The van der Waals surface area contributed by atoms with Crippen molar-refractivity contribution < 1.29 is 4.79 Å². The van der Waals surface area contributed by atoms with Gasteiger partial charge in [-0.05, 0) is 29.9 Å². The lowest BCUT2D eigenvalue weighted by atomic mass is 10.1. The average molecular weight is 371 g/mol. The van der Waals surface area contributed by atoms with Gasteiger partial charge >= 0.3 is 0 Å². The summed E-state index contributed by atoms with van der Waals surface area (Å²) in [6.07, 6.45) is 2.08. The van der Waals surface area contributed by atoms with Gasteiger partial charge < -0.3 is 5.32 Å². The Hall–Kier alpha value is -2.12. The molecule has 1 aliphatic rings. The molecule has 0 spiro atoms. The van der Waals surface area contributed by atoms with Crippen LogP contribution in [0.25, 0.3) is 10.2 Å². The zero-order chi connectivity index (χ0) is 17.4. The number of rotatable bonds is 5. The predicted molar refractivity (Wildman–Crippen MR) is 101 cm³/mol. The fourth-order valence-electron chi connectivity index (χ4n) is 2.60. The van der Waals surface area contributed by atoms with Crippen molar-refractivity contribution in [2.45, 2.75) is 29.3 Å². The number of aromatic nitrogens is 2. The minimum absolute atomic E-state index is 0.0285. The highest BCUT2D eigenvalue weighted by atomic mass is 32.2. The lowest BCUT2D eigenvalue weighted by Crippen LogP contribution is -2.30. The van der Waals surface area contributed by atoms with Crippen molar-refractivity contribution in [1.82, 2.24) is 14.9 Å². The summed E-state index contributed by atoms with van der Waals surface area (Å²) < 4.78 is 1.53. The molecule has 5 nitrogen and oxygen atoms in total. The van der Waals surface area contributed by atoms with Gasteiger partial charge in [-0.1, -0.05) is 42.1 Å². The lowest BCUT2D eigenvalue weighted by molar-refractivity contribution is -0.120. The second kappa shape index (κ2) is 6.65. The van der Waals surface area contributed by atoms with Crippen LogP contribution in [-0.4, -0.2) is 21.5 Å². The fourth-order valence-corrected chi connectivity index (χ4v) is 4.47. The molecule has 1 aliphatic carbocycles. The van der Waals surface area contributed by atoms with E-state index in [1.165, 1.54) is 27.7 Å². The number of hydrogen-bond donors (Lipinski definition) is 1. The second-order valence-corrected chi connectivity index (χ2v) is 8.06. The molecule has 2 heterocycles. The first-order valence-electron chi connectivity index (χ1n) is 8.09. The third-order valence-electron chi connectivity index (χ3n) is 4.15. The number of amides is 1. The summed E-state index contributed by atoms with van der Waals surface area (Å²) in [6.45, 7) is 0. The summed E-state index contributed by atoms with van der Waals surface area (Å²) >= 11 is 2.76. The number of carbonyl (C=O) groups excluding carboxylic acids is 1. The molecule has 1 unspecified atom stereocenters. The van der Waals surface area contributed by atoms with Gasteiger partial charge in [0.25, 0.3) is 5.56 Å². The Labute approximate surface area is 153 Å². The van der Waals surface area contributed by atoms with E-state index in [0.717, 1.165) is 18.4 Å². The highest BCUT2D eigenvalue weighted by Crippen LogP contribution is 2.35. The number of thioether (sulfide) groups is 1. The molecule has 25 heavy (non-hydrogen) atoms. The Morgan fingerprint density at radius 3 is 2.80 bits per heavy atom. The number of nitrogens with zero attached hydrogens (tertiary/aromatic N) is 2. The van der Waals surface area contributed by atoms with Crippen LogP contribution in [0.15, 0.2) is 51.7 Å². The first kappa shape index (κ1) is 16.4. The van der Waals surface area contributed by atoms with Crippen LogP contribution in [0.3, 0.4) is 0 Å². The van der Waals surface area contributed by atoms with Crippen LogP contribution in [-0.2, 0) is 11.8 Å². The van der Waals surface area contributed by atoms with E-state index in [4.69, 9.17) is 0 Å². The quantitative estimate of drug-likeness (QED) is 0.553. The van der Waals surface area contributed by atoms with Crippen LogP contribution in [0.4, 0.5) is 0 Å². The smallest absolute Gasteiger partial charge is 0.262 e. The van der Waals surface area contributed by atoms with E-state index in [1.54, 1.807) is 13.1 Å². The molecule has 0 aliphatic heterocycles. The van der Waals surface area contributed by atoms with Crippen LogP contribution in [0.2, 0.25) is 0 Å². The topological polar surface area (TPSA) is 64.0 Å². The molecule has 128 valence electrons. The lowest BCUT2D eigenvalue weighted by Gasteiger charge is -2.17. The maximum Gasteiger partial charge on any atom is 0.262 e. The SMILES string of the molecule is Cn1c(SC(C(=O)NC2CC2)c2ccccc2)nc2sccc2c1=O. The number of fused-ring (bicyclic) bond motifs is 1. The summed E-state index contributed by atoms with van der Waals surface area (Å²) in [5, 5.41) is 5.67. The molecule has 1 saturated carbocycles. The van der Waals surface area contributed by atoms with E-state index < -0.39 is 5.25 Å². The summed E-state index contributed by atoms with van der Waals surface area (Å²) in [6, 6.07) is 11.7. The van der Waals surface area contributed by atoms with E-state index >= 15 is 0 Å². The van der Waals surface area contributed by atoms with Gasteiger partial charge in [-0.3, -0.25) is 14.2 Å². The predicted octanol–water partition coefficient (Wildman–Crippen LogP) is 3.11. The first-order chi connectivity index (χ1) is 12.1. The molecule has 4 rings (SSSR count). The largest absolute Gasteiger partial charge is 0.352 e. The highest BCUT2D eigenvalue weighted by Gasteiger charge is 2.30. The van der Waals surface area contributed by atoms with Gasteiger partial charge in [-0.25, -0.2) is 4.98 Å². The van der Waals surface area contributed by atoms with Crippen LogP contribution in [0, 0.1) is 0 Å². The number of nitrogens with one attached hydrogen (secondary N) is 1. The number of thiophene rings is 1. The number of carbonyl (C=O) groups is 1. The maximum atomic E-state index is 12.8. The number of benzene rings is 1. The van der Waals surface area contributed by atoms with Crippen LogP contribution >= 0.6 is 23.1 Å². The minimum Gasteiger partial charge on any atom is -0.352 e. The number of hydrogen-bond acceptors (Lipinski definition) is 5. The first-order valence-corrected chi connectivity index (χ1v) is 9.85. The van der Waals surface area contributed by atoms with E-state index in [2.05, 4.69) is 10.3 Å². The Morgan fingerprint density at radius 1 is 1.32 bits per heavy atom. The van der Waals surface area contributed by atoms with Crippen molar-refractivity contribution in [3.8, 4) is 0 Å². The van der Waals surface area contributed by atoms with Crippen LogP contribution < -0.4 is 10.9 Å². The van der Waals surface area contributed by atoms with Crippen molar-refractivity contribution in [1.29, 1.82) is 0 Å². The Kier molecular flexibility index (Phi) is 4.35. The fraction of sp³-hybridized carbons (Fsp3) is 0.278. The van der Waals surface area contributed by atoms with Gasteiger partial charge in [0.1, 0.15) is 10.1 Å². The van der Waals surface area contributed by atoms with E-state index in [9.17, 15) is 9.59 Å². The normalized spacial score (nSPS) is 15.2. The summed E-state index contributed by atoms with van der Waals surface area (Å²) in [5.74, 6) is -0.0285. The van der Waals surface area contributed by atoms with Gasteiger partial charge in [0, 0.05) is 13.1 Å². The Bertz CT molecular complexity index is 977. The molecule has 1 fully saturated rings. The van der Waals surface area contributed by atoms with Crippen molar-refractivity contribution in [2.24, 2.45) is 7.05 Å². The molecule has 1 atom stereocenters. The van der Waals surface area contributed by atoms with Gasteiger partial charge in [-0.15, -0.1) is 11.3 Å². The van der Waals surface area contributed by atoms with Crippen molar-refractivity contribution in [3.63, 3.8) is 0 Å². The Balaban J connectivity index is 1.72. The molecule has 1 aromatic carbocycles. The third-order valence-corrected chi connectivity index (χ3v) is 6.26. The average Bonchev–Trinajstić information content (AvgIpc) is 3.31. The molecule has 0 radical (unpaired) electrons. The molecule has 1 N–H and O–H groups in total. The molecule has 0 bridgehead atoms. The highest BCUT2D eigenvalue weighted by molar-refractivity contribution is 8.00. The molecule has 7 heteroatoms. The van der Waals surface area contributed by atoms with E-state index in [1.807, 2.05) is 35.7 Å². The van der Waals surface area contributed by atoms with Crippen LogP contribution in [0.5, 0.6) is 0 Å².